The second kappa shape index (κ2) is 7.00. The van der Waals surface area contributed by atoms with E-state index in [4.69, 9.17) is 0 Å². The Labute approximate surface area is 130 Å². The number of carbonyl (C=O) groups excluding carboxylic acids is 2. The van der Waals surface area contributed by atoms with E-state index in [1.165, 1.54) is 11.8 Å². The van der Waals surface area contributed by atoms with E-state index in [-0.39, 0.29) is 35.9 Å². The van der Waals surface area contributed by atoms with Gasteiger partial charge >= 0.3 is 0 Å². The van der Waals surface area contributed by atoms with Crippen molar-refractivity contribution >= 4 is 33.4 Å². The third kappa shape index (κ3) is 4.35. The van der Waals surface area contributed by atoms with Gasteiger partial charge in [0.1, 0.15) is 6.54 Å². The average molecular weight is 334 g/mol. The lowest BCUT2D eigenvalue weighted by atomic mass is 10.2. The standard InChI is InChI=1S/C13H22N2O4S2/c1-2-3-5-15(11-4-6-21(18,19)9-11)12(16)7-14-10-20-8-13(14)17/h11H,2-10H2,1H3. The Morgan fingerprint density at radius 2 is 2.24 bits per heavy atom. The van der Waals surface area contributed by atoms with Crippen LogP contribution in [0.3, 0.4) is 0 Å². The number of hydrogen-bond acceptors (Lipinski definition) is 5. The van der Waals surface area contributed by atoms with E-state index in [0.717, 1.165) is 12.8 Å². The summed E-state index contributed by atoms with van der Waals surface area (Å²) in [6, 6.07) is -0.223. The molecular formula is C13H22N2O4S2. The maximum Gasteiger partial charge on any atom is 0.242 e. The van der Waals surface area contributed by atoms with Crippen molar-refractivity contribution in [2.75, 3.05) is 36.2 Å². The molecule has 0 aromatic heterocycles. The van der Waals surface area contributed by atoms with Gasteiger partial charge in [0.2, 0.25) is 11.8 Å². The molecule has 0 aromatic carbocycles. The van der Waals surface area contributed by atoms with Crippen LogP contribution in [0.15, 0.2) is 0 Å². The lowest BCUT2D eigenvalue weighted by Crippen LogP contribution is -2.47. The first kappa shape index (κ1) is 16.6. The molecule has 2 heterocycles. The van der Waals surface area contributed by atoms with Crippen LogP contribution in [0, 0.1) is 0 Å². The van der Waals surface area contributed by atoms with Gasteiger partial charge < -0.3 is 9.80 Å². The summed E-state index contributed by atoms with van der Waals surface area (Å²) >= 11 is 1.50. The minimum Gasteiger partial charge on any atom is -0.337 e. The van der Waals surface area contributed by atoms with Gasteiger partial charge in [-0.3, -0.25) is 9.59 Å². The summed E-state index contributed by atoms with van der Waals surface area (Å²) in [4.78, 5) is 27.3. The SMILES string of the molecule is CCCCN(C(=O)CN1CSCC1=O)C1CCS(=O)(=O)C1. The Kier molecular flexibility index (Phi) is 5.54. The summed E-state index contributed by atoms with van der Waals surface area (Å²) in [5.74, 6) is 1.07. The highest BCUT2D eigenvalue weighted by molar-refractivity contribution is 8.00. The lowest BCUT2D eigenvalue weighted by molar-refractivity contribution is -0.139. The van der Waals surface area contributed by atoms with E-state index in [9.17, 15) is 18.0 Å². The fourth-order valence-corrected chi connectivity index (χ4v) is 5.29. The first-order chi connectivity index (χ1) is 9.93. The third-order valence-electron chi connectivity index (χ3n) is 3.87. The Hall–Kier alpha value is -0.760. The zero-order valence-electron chi connectivity index (χ0n) is 12.3. The Balaban J connectivity index is 2.01. The molecule has 2 aliphatic heterocycles. The summed E-state index contributed by atoms with van der Waals surface area (Å²) in [6.45, 7) is 2.69. The van der Waals surface area contributed by atoms with Crippen molar-refractivity contribution in [1.82, 2.24) is 9.80 Å². The quantitative estimate of drug-likeness (QED) is 0.700. The molecule has 2 saturated heterocycles. The molecule has 2 rings (SSSR count). The molecular weight excluding hydrogens is 312 g/mol. The molecule has 0 saturated carbocycles. The molecule has 6 nitrogen and oxygen atoms in total. The van der Waals surface area contributed by atoms with Crippen molar-refractivity contribution in [3.8, 4) is 0 Å². The second-order valence-electron chi connectivity index (χ2n) is 5.57. The zero-order chi connectivity index (χ0) is 15.5. The fourth-order valence-electron chi connectivity index (χ4n) is 2.65. The number of unbranched alkanes of at least 4 members (excludes halogenated alkanes) is 1. The van der Waals surface area contributed by atoms with Crippen molar-refractivity contribution in [2.24, 2.45) is 0 Å². The highest BCUT2D eigenvalue weighted by atomic mass is 32.2. The van der Waals surface area contributed by atoms with E-state index < -0.39 is 9.84 Å². The molecule has 2 amide bonds. The molecule has 1 unspecified atom stereocenters. The van der Waals surface area contributed by atoms with Gasteiger partial charge in [-0.1, -0.05) is 13.3 Å². The van der Waals surface area contributed by atoms with Gasteiger partial charge in [0.15, 0.2) is 9.84 Å². The Morgan fingerprint density at radius 3 is 2.76 bits per heavy atom. The van der Waals surface area contributed by atoms with Gasteiger partial charge in [-0.2, -0.15) is 0 Å². The van der Waals surface area contributed by atoms with Gasteiger partial charge in [-0.15, -0.1) is 11.8 Å². The molecule has 0 N–H and O–H groups in total. The van der Waals surface area contributed by atoms with Crippen LogP contribution in [-0.2, 0) is 19.4 Å². The predicted molar refractivity (Wildman–Crippen MR) is 82.7 cm³/mol. The molecule has 0 aromatic rings. The van der Waals surface area contributed by atoms with Crippen molar-refractivity contribution < 1.29 is 18.0 Å². The monoisotopic (exact) mass is 334 g/mol. The normalized spacial score (nSPS) is 24.5. The average Bonchev–Trinajstić information content (AvgIpc) is 2.97. The fraction of sp³-hybridized carbons (Fsp3) is 0.846. The molecule has 0 bridgehead atoms. The van der Waals surface area contributed by atoms with Gasteiger partial charge in [0.25, 0.3) is 0 Å². The summed E-state index contributed by atoms with van der Waals surface area (Å²) < 4.78 is 23.3. The molecule has 1 atom stereocenters. The van der Waals surface area contributed by atoms with Crippen molar-refractivity contribution in [2.45, 2.75) is 32.2 Å². The van der Waals surface area contributed by atoms with E-state index in [1.807, 2.05) is 6.92 Å². The smallest absolute Gasteiger partial charge is 0.242 e. The molecule has 0 radical (unpaired) electrons. The number of thioether (sulfide) groups is 1. The minimum absolute atomic E-state index is 0.0113. The van der Waals surface area contributed by atoms with Gasteiger partial charge in [0.05, 0.1) is 23.1 Å². The number of rotatable bonds is 6. The predicted octanol–water partition coefficient (Wildman–Crippen LogP) is 0.335. The van der Waals surface area contributed by atoms with E-state index in [2.05, 4.69) is 0 Å². The van der Waals surface area contributed by atoms with Crippen LogP contribution < -0.4 is 0 Å². The zero-order valence-corrected chi connectivity index (χ0v) is 13.9. The Bertz CT molecular complexity index is 506. The van der Waals surface area contributed by atoms with Crippen LogP contribution in [0.4, 0.5) is 0 Å². The molecule has 120 valence electrons. The van der Waals surface area contributed by atoms with E-state index in [0.29, 0.717) is 24.6 Å². The highest BCUT2D eigenvalue weighted by Crippen LogP contribution is 2.20. The molecule has 21 heavy (non-hydrogen) atoms. The molecule has 0 aliphatic carbocycles. The van der Waals surface area contributed by atoms with Crippen LogP contribution in [-0.4, -0.2) is 72.3 Å². The van der Waals surface area contributed by atoms with Gasteiger partial charge in [-0.05, 0) is 12.8 Å². The summed E-state index contributed by atoms with van der Waals surface area (Å²) in [5.41, 5.74) is 0. The van der Waals surface area contributed by atoms with Crippen LogP contribution in [0.25, 0.3) is 0 Å². The number of nitrogens with zero attached hydrogens (tertiary/aromatic N) is 2. The largest absolute Gasteiger partial charge is 0.337 e. The summed E-state index contributed by atoms with van der Waals surface area (Å²) in [5, 5.41) is 0. The highest BCUT2D eigenvalue weighted by Gasteiger charge is 2.35. The number of sulfone groups is 1. The summed E-state index contributed by atoms with van der Waals surface area (Å²) in [7, 11) is -3.02. The minimum atomic E-state index is -3.02. The first-order valence-electron chi connectivity index (χ1n) is 7.28. The van der Waals surface area contributed by atoms with Crippen LogP contribution >= 0.6 is 11.8 Å². The topological polar surface area (TPSA) is 74.8 Å². The van der Waals surface area contributed by atoms with Crippen molar-refractivity contribution in [3.05, 3.63) is 0 Å². The molecule has 0 spiro atoms. The maximum absolute atomic E-state index is 12.5. The third-order valence-corrected chi connectivity index (χ3v) is 6.57. The summed E-state index contributed by atoms with van der Waals surface area (Å²) in [6.07, 6.45) is 2.31. The van der Waals surface area contributed by atoms with Gasteiger partial charge in [0, 0.05) is 12.6 Å². The number of hydrogen-bond donors (Lipinski definition) is 0. The molecule has 2 fully saturated rings. The lowest BCUT2D eigenvalue weighted by Gasteiger charge is -2.30. The molecule has 8 heteroatoms. The van der Waals surface area contributed by atoms with Crippen LogP contribution in [0.2, 0.25) is 0 Å². The van der Waals surface area contributed by atoms with E-state index in [1.54, 1.807) is 9.80 Å². The van der Waals surface area contributed by atoms with Crippen LogP contribution in [0.1, 0.15) is 26.2 Å². The van der Waals surface area contributed by atoms with Gasteiger partial charge in [-0.25, -0.2) is 8.42 Å². The van der Waals surface area contributed by atoms with Crippen LogP contribution in [0.5, 0.6) is 0 Å². The maximum atomic E-state index is 12.5. The molecule has 2 aliphatic rings. The first-order valence-corrected chi connectivity index (χ1v) is 10.3. The Morgan fingerprint density at radius 1 is 1.48 bits per heavy atom. The van der Waals surface area contributed by atoms with E-state index >= 15 is 0 Å². The second-order valence-corrected chi connectivity index (χ2v) is 8.75. The van der Waals surface area contributed by atoms with Crippen molar-refractivity contribution in [3.63, 3.8) is 0 Å². The number of amides is 2. The number of carbonyl (C=O) groups is 2. The van der Waals surface area contributed by atoms with Crippen molar-refractivity contribution in [1.29, 1.82) is 0 Å².